The Balaban J connectivity index is 4.34. The molecule has 0 aliphatic carbocycles. The van der Waals surface area contributed by atoms with Crippen molar-refractivity contribution in [1.29, 1.82) is 0 Å². The molecule has 0 bridgehead atoms. The van der Waals surface area contributed by atoms with E-state index in [0.717, 1.165) is 0 Å². The Bertz CT molecular complexity index is 180. The molecule has 0 unspecified atom stereocenters. The maximum Gasteiger partial charge on any atom is 0.331 e. The lowest BCUT2D eigenvalue weighted by Crippen LogP contribution is -2.02. The van der Waals surface area contributed by atoms with Crippen LogP contribution in [0.25, 0.3) is 0 Å². The van der Waals surface area contributed by atoms with E-state index in [1.54, 1.807) is 6.92 Å². The highest BCUT2D eigenvalue weighted by atomic mass is 16.4. The zero-order valence-electron chi connectivity index (χ0n) is 5.50. The molecule has 0 fully saturated rings. The van der Waals surface area contributed by atoms with E-state index in [1.165, 1.54) is 0 Å². The van der Waals surface area contributed by atoms with Gasteiger partial charge in [-0.2, -0.15) is 0 Å². The van der Waals surface area contributed by atoms with Gasteiger partial charge < -0.3 is 10.2 Å². The van der Waals surface area contributed by atoms with E-state index in [-0.39, 0.29) is 12.0 Å². The molecule has 0 radical (unpaired) electrons. The Kier molecular flexibility index (Phi) is 3.17. The quantitative estimate of drug-likeness (QED) is 0.565. The Morgan fingerprint density at radius 3 is 2.00 bits per heavy atom. The molecule has 56 valence electrons. The van der Waals surface area contributed by atoms with Crippen molar-refractivity contribution in [3.05, 3.63) is 11.6 Å². The van der Waals surface area contributed by atoms with Gasteiger partial charge in [-0.25, -0.2) is 9.59 Å². The first-order valence-electron chi connectivity index (χ1n) is 2.74. The smallest absolute Gasteiger partial charge is 0.331 e. The lowest BCUT2D eigenvalue weighted by molar-refractivity contribution is -0.135. The Hall–Kier alpha value is -1.32. The highest BCUT2D eigenvalue weighted by Gasteiger charge is 2.05. The van der Waals surface area contributed by atoms with Gasteiger partial charge >= 0.3 is 11.9 Å². The Morgan fingerprint density at radius 2 is 1.90 bits per heavy atom. The normalized spacial score (nSPS) is 11.1. The van der Waals surface area contributed by atoms with Gasteiger partial charge in [-0.05, 0) is 6.42 Å². The summed E-state index contributed by atoms with van der Waals surface area (Å²) in [5.41, 5.74) is -0.0903. The first-order valence-corrected chi connectivity index (χ1v) is 2.74. The first kappa shape index (κ1) is 8.68. The van der Waals surface area contributed by atoms with E-state index < -0.39 is 11.9 Å². The van der Waals surface area contributed by atoms with Gasteiger partial charge in [0.05, 0.1) is 0 Å². The second kappa shape index (κ2) is 3.66. The van der Waals surface area contributed by atoms with Crippen LogP contribution >= 0.6 is 0 Å². The molecule has 0 aromatic rings. The molecule has 0 aliphatic heterocycles. The zero-order chi connectivity index (χ0) is 8.15. The van der Waals surface area contributed by atoms with Crippen LogP contribution in [0.2, 0.25) is 0 Å². The summed E-state index contributed by atoms with van der Waals surface area (Å²) in [7, 11) is 0. The third-order valence-electron chi connectivity index (χ3n) is 0.953. The average Bonchev–Trinajstić information content (AvgIpc) is 1.81. The van der Waals surface area contributed by atoms with Crippen LogP contribution in [0.1, 0.15) is 13.3 Å². The topological polar surface area (TPSA) is 74.6 Å². The molecule has 0 saturated carbocycles. The fraction of sp³-hybridized carbons (Fsp3) is 0.333. The third kappa shape index (κ3) is 2.86. The molecule has 0 heterocycles. The molecule has 0 atom stereocenters. The van der Waals surface area contributed by atoms with Gasteiger partial charge in [-0.15, -0.1) is 0 Å². The summed E-state index contributed by atoms with van der Waals surface area (Å²) in [6, 6.07) is 0. The van der Waals surface area contributed by atoms with Crippen molar-refractivity contribution >= 4 is 11.9 Å². The minimum absolute atomic E-state index is 0.0903. The van der Waals surface area contributed by atoms with Crippen molar-refractivity contribution in [1.82, 2.24) is 0 Å². The zero-order valence-corrected chi connectivity index (χ0v) is 5.50. The molecule has 0 amide bonds. The van der Waals surface area contributed by atoms with Gasteiger partial charge in [0.15, 0.2) is 0 Å². The van der Waals surface area contributed by atoms with Crippen LogP contribution in [0.5, 0.6) is 0 Å². The van der Waals surface area contributed by atoms with E-state index in [0.29, 0.717) is 6.08 Å². The molecule has 10 heavy (non-hydrogen) atoms. The van der Waals surface area contributed by atoms with Crippen LogP contribution in [0.4, 0.5) is 0 Å². The largest absolute Gasteiger partial charge is 0.478 e. The minimum Gasteiger partial charge on any atom is -0.478 e. The third-order valence-corrected chi connectivity index (χ3v) is 0.953. The summed E-state index contributed by atoms with van der Waals surface area (Å²) in [4.78, 5) is 20.1. The van der Waals surface area contributed by atoms with Crippen LogP contribution in [0.3, 0.4) is 0 Å². The molecule has 0 spiro atoms. The Labute approximate surface area is 57.8 Å². The number of carboxylic acid groups (broad SMARTS) is 2. The van der Waals surface area contributed by atoms with Crippen molar-refractivity contribution in [2.24, 2.45) is 0 Å². The summed E-state index contributed by atoms with van der Waals surface area (Å²) in [6.45, 7) is 1.59. The van der Waals surface area contributed by atoms with Crippen molar-refractivity contribution in [2.45, 2.75) is 13.3 Å². The monoisotopic (exact) mass is 144 g/mol. The van der Waals surface area contributed by atoms with Crippen LogP contribution < -0.4 is 0 Å². The van der Waals surface area contributed by atoms with Gasteiger partial charge in [0.2, 0.25) is 0 Å². The second-order valence-electron chi connectivity index (χ2n) is 1.67. The predicted molar refractivity (Wildman–Crippen MR) is 33.6 cm³/mol. The summed E-state index contributed by atoms with van der Waals surface area (Å²) < 4.78 is 0. The summed E-state index contributed by atoms with van der Waals surface area (Å²) in [5, 5.41) is 16.4. The molecular weight excluding hydrogens is 136 g/mol. The standard InChI is InChI=1S/C6H8O4/c1-2-4(6(9)10)3-5(7)8/h3H,2H2,1H3,(H,7,8)(H,9,10)/b4-3+. The van der Waals surface area contributed by atoms with Crippen molar-refractivity contribution in [2.75, 3.05) is 0 Å². The molecule has 4 heteroatoms. The van der Waals surface area contributed by atoms with Crippen LogP contribution in [0, 0.1) is 0 Å². The van der Waals surface area contributed by atoms with Crippen molar-refractivity contribution in [3.63, 3.8) is 0 Å². The van der Waals surface area contributed by atoms with Gasteiger partial charge in [-0.3, -0.25) is 0 Å². The lowest BCUT2D eigenvalue weighted by Gasteiger charge is -1.92. The maximum atomic E-state index is 10.1. The molecular formula is C6H8O4. The van der Waals surface area contributed by atoms with E-state index in [4.69, 9.17) is 10.2 Å². The number of rotatable bonds is 3. The average molecular weight is 144 g/mol. The highest BCUT2D eigenvalue weighted by Crippen LogP contribution is 1.98. The number of hydrogen-bond donors (Lipinski definition) is 2. The summed E-state index contributed by atoms with van der Waals surface area (Å²) in [5.74, 6) is -2.40. The highest BCUT2D eigenvalue weighted by molar-refractivity contribution is 5.94. The van der Waals surface area contributed by atoms with Gasteiger partial charge in [0.1, 0.15) is 0 Å². The molecule has 0 aromatic carbocycles. The van der Waals surface area contributed by atoms with E-state index in [9.17, 15) is 9.59 Å². The van der Waals surface area contributed by atoms with Crippen molar-refractivity contribution < 1.29 is 19.8 Å². The Morgan fingerprint density at radius 1 is 1.40 bits per heavy atom. The number of aliphatic carboxylic acids is 2. The molecule has 2 N–H and O–H groups in total. The molecule has 4 nitrogen and oxygen atoms in total. The SMILES string of the molecule is CC/C(=C\C(=O)O)C(=O)O. The number of carboxylic acids is 2. The minimum atomic E-state index is -1.22. The van der Waals surface area contributed by atoms with Gasteiger partial charge in [0.25, 0.3) is 0 Å². The van der Waals surface area contributed by atoms with E-state index >= 15 is 0 Å². The summed E-state index contributed by atoms with van der Waals surface area (Å²) >= 11 is 0. The molecule has 0 rings (SSSR count). The van der Waals surface area contributed by atoms with E-state index in [2.05, 4.69) is 0 Å². The number of hydrogen-bond acceptors (Lipinski definition) is 2. The van der Waals surface area contributed by atoms with Crippen LogP contribution in [-0.4, -0.2) is 22.2 Å². The van der Waals surface area contributed by atoms with Gasteiger partial charge in [-0.1, -0.05) is 6.92 Å². The molecule has 0 aliphatic rings. The van der Waals surface area contributed by atoms with Crippen LogP contribution in [-0.2, 0) is 9.59 Å². The van der Waals surface area contributed by atoms with Crippen LogP contribution in [0.15, 0.2) is 11.6 Å². The fourth-order valence-corrected chi connectivity index (χ4v) is 0.464. The molecule has 0 saturated heterocycles. The van der Waals surface area contributed by atoms with Gasteiger partial charge in [0, 0.05) is 11.6 Å². The van der Waals surface area contributed by atoms with Crippen molar-refractivity contribution in [3.8, 4) is 0 Å². The maximum absolute atomic E-state index is 10.1. The molecule has 0 aromatic heterocycles. The summed E-state index contributed by atoms with van der Waals surface area (Å²) in [6.07, 6.45) is 0.921. The van der Waals surface area contributed by atoms with E-state index in [1.807, 2.05) is 0 Å². The predicted octanol–water partition coefficient (Wildman–Crippen LogP) is 0.492. The lowest BCUT2D eigenvalue weighted by atomic mass is 10.2. The first-order chi connectivity index (χ1) is 4.57. The second-order valence-corrected chi connectivity index (χ2v) is 1.67. The number of carbonyl (C=O) groups is 2. The fourth-order valence-electron chi connectivity index (χ4n) is 0.464.